The average Bonchev–Trinajstić information content (AvgIpc) is 3.05. The molecule has 1 aromatic carbocycles. The van der Waals surface area contributed by atoms with Crippen LogP contribution in [0.25, 0.3) is 0 Å². The third kappa shape index (κ3) is 2.26. The molecular weight excluding hydrogens is 286 g/mol. The van der Waals surface area contributed by atoms with E-state index in [-0.39, 0.29) is 11.1 Å². The van der Waals surface area contributed by atoms with Gasteiger partial charge in [-0.1, -0.05) is 30.3 Å². The minimum absolute atomic E-state index is 0.192. The quantitative estimate of drug-likeness (QED) is 0.813. The number of hydrogen-bond donors (Lipinski definition) is 0. The van der Waals surface area contributed by atoms with Crippen molar-refractivity contribution in [1.29, 1.82) is 0 Å². The molecule has 100 valence electrons. The third-order valence-electron chi connectivity index (χ3n) is 3.44. The Morgan fingerprint density at radius 2 is 1.89 bits per heavy atom. The summed E-state index contributed by atoms with van der Waals surface area (Å²) in [6, 6.07) is 10.1. The van der Waals surface area contributed by atoms with Crippen molar-refractivity contribution in [2.24, 2.45) is 7.05 Å². The lowest BCUT2D eigenvalue weighted by Gasteiger charge is -2.01. The monoisotopic (exact) mass is 297 g/mol. The Balaban J connectivity index is 1.89. The number of hydrogen-bond acceptors (Lipinski definition) is 4. The summed E-state index contributed by atoms with van der Waals surface area (Å²) in [5, 5.41) is 7.45. The summed E-state index contributed by atoms with van der Waals surface area (Å²) in [5.41, 5.74) is 1.24. The zero-order valence-electron chi connectivity index (χ0n) is 10.2. The van der Waals surface area contributed by atoms with Crippen molar-refractivity contribution in [3.05, 3.63) is 41.7 Å². The lowest BCUT2D eigenvalue weighted by molar-refractivity contribution is 0.590. The van der Waals surface area contributed by atoms with Gasteiger partial charge in [0.15, 0.2) is 0 Å². The van der Waals surface area contributed by atoms with Crippen molar-refractivity contribution < 1.29 is 8.42 Å². The molecule has 1 aliphatic carbocycles. The fourth-order valence-electron chi connectivity index (χ4n) is 2.41. The van der Waals surface area contributed by atoms with Crippen LogP contribution < -0.4 is 0 Å². The summed E-state index contributed by atoms with van der Waals surface area (Å²) >= 11 is 0. The number of nitrogens with zero attached hydrogens (tertiary/aromatic N) is 3. The van der Waals surface area contributed by atoms with E-state index >= 15 is 0 Å². The van der Waals surface area contributed by atoms with E-state index in [0.717, 1.165) is 6.42 Å². The summed E-state index contributed by atoms with van der Waals surface area (Å²) in [5.74, 6) is 1.27. The van der Waals surface area contributed by atoms with Gasteiger partial charge in [0.1, 0.15) is 5.82 Å². The molecule has 1 saturated carbocycles. The van der Waals surface area contributed by atoms with Crippen molar-refractivity contribution >= 4 is 19.7 Å². The van der Waals surface area contributed by atoms with Gasteiger partial charge in [0, 0.05) is 23.6 Å². The third-order valence-corrected chi connectivity index (χ3v) is 4.64. The molecule has 0 bridgehead atoms. The first-order valence-corrected chi connectivity index (χ1v) is 8.18. The molecule has 2 atom stereocenters. The Labute approximate surface area is 115 Å². The Morgan fingerprint density at radius 1 is 1.21 bits per heavy atom. The Morgan fingerprint density at radius 3 is 2.47 bits per heavy atom. The van der Waals surface area contributed by atoms with Crippen LogP contribution in [-0.2, 0) is 16.1 Å². The first-order valence-electron chi connectivity index (χ1n) is 5.87. The molecule has 1 heterocycles. The predicted molar refractivity (Wildman–Crippen MR) is 70.6 cm³/mol. The van der Waals surface area contributed by atoms with Gasteiger partial charge in [0.2, 0.25) is 0 Å². The first kappa shape index (κ1) is 12.6. The smallest absolute Gasteiger partial charge is 0.296 e. The molecule has 7 heteroatoms. The maximum atomic E-state index is 11.3. The van der Waals surface area contributed by atoms with Crippen LogP contribution in [0.2, 0.25) is 0 Å². The summed E-state index contributed by atoms with van der Waals surface area (Å²) in [7, 11) is 3.10. The summed E-state index contributed by atoms with van der Waals surface area (Å²) in [6.45, 7) is 0. The van der Waals surface area contributed by atoms with Crippen LogP contribution in [0.3, 0.4) is 0 Å². The number of rotatable bonds is 3. The summed E-state index contributed by atoms with van der Waals surface area (Å²) in [4.78, 5) is 0. The minimum Gasteiger partial charge on any atom is -0.304 e. The predicted octanol–water partition coefficient (Wildman–Crippen LogP) is 2.01. The molecular formula is C12H12ClN3O2S. The SMILES string of the molecule is Cn1c(C2CC2c2ccccc2)nnc1S(=O)(=O)Cl. The number of benzene rings is 1. The molecule has 0 saturated heterocycles. The maximum Gasteiger partial charge on any atom is 0.296 e. The molecule has 1 aliphatic rings. The normalized spacial score (nSPS) is 22.4. The standard InChI is InChI=1S/C12H12ClN3O2S/c1-16-11(14-15-12(16)19(13,17)18)10-7-9(10)8-5-3-2-4-6-8/h2-6,9-10H,7H2,1H3. The molecule has 1 fully saturated rings. The molecule has 19 heavy (non-hydrogen) atoms. The van der Waals surface area contributed by atoms with Crippen LogP contribution in [0, 0.1) is 0 Å². The average molecular weight is 298 g/mol. The Bertz CT molecular complexity index is 712. The van der Waals surface area contributed by atoms with Crippen LogP contribution in [0.15, 0.2) is 35.5 Å². The molecule has 0 aliphatic heterocycles. The fourth-order valence-corrected chi connectivity index (χ4v) is 3.37. The topological polar surface area (TPSA) is 64.8 Å². The van der Waals surface area contributed by atoms with Gasteiger partial charge in [-0.2, -0.15) is 0 Å². The second kappa shape index (κ2) is 4.31. The van der Waals surface area contributed by atoms with Crippen LogP contribution >= 0.6 is 10.7 Å². The Hall–Kier alpha value is -1.40. The van der Waals surface area contributed by atoms with Gasteiger partial charge >= 0.3 is 0 Å². The highest BCUT2D eigenvalue weighted by molar-refractivity contribution is 8.13. The molecule has 0 radical (unpaired) electrons. The van der Waals surface area contributed by atoms with Crippen LogP contribution in [0.1, 0.15) is 29.6 Å². The number of aromatic nitrogens is 3. The highest BCUT2D eigenvalue weighted by Crippen LogP contribution is 2.53. The molecule has 0 N–H and O–H groups in total. The van der Waals surface area contributed by atoms with Gasteiger partial charge in [0.25, 0.3) is 14.2 Å². The zero-order chi connectivity index (χ0) is 13.6. The molecule has 2 unspecified atom stereocenters. The van der Waals surface area contributed by atoms with E-state index in [9.17, 15) is 8.42 Å². The zero-order valence-corrected chi connectivity index (χ0v) is 11.8. The molecule has 2 aromatic rings. The Kier molecular flexibility index (Phi) is 2.87. The fraction of sp³-hybridized carbons (Fsp3) is 0.333. The molecule has 0 spiro atoms. The lowest BCUT2D eigenvalue weighted by atomic mass is 10.1. The minimum atomic E-state index is -3.84. The summed E-state index contributed by atoms with van der Waals surface area (Å²) < 4.78 is 24.1. The van der Waals surface area contributed by atoms with E-state index in [4.69, 9.17) is 10.7 Å². The molecule has 3 rings (SSSR count). The van der Waals surface area contributed by atoms with E-state index in [0.29, 0.717) is 11.7 Å². The summed E-state index contributed by atoms with van der Waals surface area (Å²) in [6.07, 6.45) is 0.957. The molecule has 0 amide bonds. The van der Waals surface area contributed by atoms with Crippen LogP contribution in [0.4, 0.5) is 0 Å². The van der Waals surface area contributed by atoms with Crippen LogP contribution in [0.5, 0.6) is 0 Å². The lowest BCUT2D eigenvalue weighted by Crippen LogP contribution is -2.04. The number of halogens is 1. The van der Waals surface area contributed by atoms with Gasteiger partial charge in [-0.15, -0.1) is 10.2 Å². The van der Waals surface area contributed by atoms with Crippen molar-refractivity contribution in [3.8, 4) is 0 Å². The van der Waals surface area contributed by atoms with Gasteiger partial charge in [-0.25, -0.2) is 8.42 Å². The molecule has 5 nitrogen and oxygen atoms in total. The molecule has 1 aromatic heterocycles. The first-order chi connectivity index (χ1) is 8.98. The van der Waals surface area contributed by atoms with Crippen molar-refractivity contribution in [2.45, 2.75) is 23.4 Å². The maximum absolute atomic E-state index is 11.3. The van der Waals surface area contributed by atoms with Gasteiger partial charge in [-0.3, -0.25) is 0 Å². The van der Waals surface area contributed by atoms with Crippen molar-refractivity contribution in [3.63, 3.8) is 0 Å². The van der Waals surface area contributed by atoms with Crippen molar-refractivity contribution in [2.75, 3.05) is 0 Å². The van der Waals surface area contributed by atoms with E-state index in [1.54, 1.807) is 7.05 Å². The van der Waals surface area contributed by atoms with Gasteiger partial charge in [0.05, 0.1) is 0 Å². The van der Waals surface area contributed by atoms with Crippen LogP contribution in [-0.4, -0.2) is 23.2 Å². The highest BCUT2D eigenvalue weighted by atomic mass is 35.7. The highest BCUT2D eigenvalue weighted by Gasteiger charge is 2.43. The van der Waals surface area contributed by atoms with Gasteiger partial charge in [-0.05, 0) is 17.9 Å². The largest absolute Gasteiger partial charge is 0.304 e. The van der Waals surface area contributed by atoms with E-state index in [1.165, 1.54) is 10.1 Å². The second-order valence-corrected chi connectivity index (χ2v) is 7.16. The van der Waals surface area contributed by atoms with E-state index in [1.807, 2.05) is 18.2 Å². The second-order valence-electron chi connectivity index (χ2n) is 4.70. The van der Waals surface area contributed by atoms with Gasteiger partial charge < -0.3 is 4.57 Å². The van der Waals surface area contributed by atoms with E-state index in [2.05, 4.69) is 22.3 Å². The van der Waals surface area contributed by atoms with E-state index < -0.39 is 9.05 Å². The van der Waals surface area contributed by atoms with Crippen molar-refractivity contribution in [1.82, 2.24) is 14.8 Å².